The molecule has 0 aliphatic carbocycles. The second-order valence-corrected chi connectivity index (χ2v) is 11.5. The highest BCUT2D eigenvalue weighted by atomic mass is 16.2. The minimum absolute atomic E-state index is 0.0353. The first kappa shape index (κ1) is 25.7. The number of rotatable bonds is 4. The van der Waals surface area contributed by atoms with Gasteiger partial charge >= 0.3 is 6.03 Å². The molecule has 1 fully saturated rings. The molecule has 1 aliphatic rings. The third-order valence-corrected chi connectivity index (χ3v) is 7.74. The second kappa shape index (κ2) is 10.2. The lowest BCUT2D eigenvalue weighted by atomic mass is 9.87. The fourth-order valence-electron chi connectivity index (χ4n) is 5.35. The number of hydrogen-bond donors (Lipinski definition) is 2. The molecule has 5 aromatic rings. The molecule has 0 radical (unpaired) electrons. The van der Waals surface area contributed by atoms with Crippen molar-refractivity contribution >= 4 is 33.7 Å². The molecular weight excluding hydrogens is 502 g/mol. The zero-order chi connectivity index (χ0) is 27.9. The van der Waals surface area contributed by atoms with E-state index in [-0.39, 0.29) is 28.4 Å². The zero-order valence-corrected chi connectivity index (χ0v) is 23.0. The van der Waals surface area contributed by atoms with Gasteiger partial charge in [-0.2, -0.15) is 0 Å². The van der Waals surface area contributed by atoms with Crippen molar-refractivity contribution in [2.45, 2.75) is 51.5 Å². The molecule has 2 amide bonds. The Morgan fingerprint density at radius 2 is 1.73 bits per heavy atom. The molecule has 2 aromatic heterocycles. The van der Waals surface area contributed by atoms with E-state index >= 15 is 0 Å². The number of anilines is 1. The van der Waals surface area contributed by atoms with Crippen LogP contribution in [0.1, 0.15) is 56.5 Å². The van der Waals surface area contributed by atoms with Crippen molar-refractivity contribution in [3.05, 3.63) is 94.0 Å². The van der Waals surface area contributed by atoms with E-state index in [0.29, 0.717) is 43.9 Å². The average Bonchev–Trinajstić information content (AvgIpc) is 3.36. The monoisotopic (exact) mass is 535 g/mol. The van der Waals surface area contributed by atoms with Crippen LogP contribution in [0, 0.1) is 0 Å². The highest BCUT2D eigenvalue weighted by molar-refractivity contribution is 6.01. The van der Waals surface area contributed by atoms with E-state index in [2.05, 4.69) is 65.6 Å². The Balaban J connectivity index is 1.15. The van der Waals surface area contributed by atoms with Crippen LogP contribution >= 0.6 is 0 Å². The minimum Gasteiger partial charge on any atom is -0.324 e. The number of hydrogen-bond acceptors (Lipinski definition) is 5. The average molecular weight is 536 g/mol. The van der Waals surface area contributed by atoms with Crippen molar-refractivity contribution in [3.8, 4) is 0 Å². The molecule has 204 valence electrons. The number of carbonyl (C=O) groups is 1. The van der Waals surface area contributed by atoms with Crippen molar-refractivity contribution in [1.29, 1.82) is 0 Å². The number of urea groups is 1. The summed E-state index contributed by atoms with van der Waals surface area (Å²) in [5.41, 5.74) is 3.63. The normalized spacial score (nSPS) is 14.6. The van der Waals surface area contributed by atoms with Gasteiger partial charge in [0.05, 0.1) is 12.2 Å². The lowest BCUT2D eigenvalue weighted by molar-refractivity contribution is 0.193. The van der Waals surface area contributed by atoms with Gasteiger partial charge in [0, 0.05) is 24.4 Å². The van der Waals surface area contributed by atoms with Gasteiger partial charge in [0.25, 0.3) is 5.56 Å². The number of carbonyl (C=O) groups excluding carboxylic acids is 1. The van der Waals surface area contributed by atoms with E-state index in [1.54, 1.807) is 4.68 Å². The molecule has 1 aliphatic heterocycles. The molecule has 0 spiro atoms. The summed E-state index contributed by atoms with van der Waals surface area (Å²) in [7, 11) is 0. The summed E-state index contributed by atoms with van der Waals surface area (Å²) in [6.45, 7) is 8.18. The van der Waals surface area contributed by atoms with E-state index in [1.807, 2.05) is 47.4 Å². The van der Waals surface area contributed by atoms with Crippen molar-refractivity contribution in [2.75, 3.05) is 18.4 Å². The molecule has 40 heavy (non-hydrogen) atoms. The molecule has 2 N–H and O–H groups in total. The number of likely N-dealkylation sites (tertiary alicyclic amines) is 1. The number of piperidine rings is 1. The van der Waals surface area contributed by atoms with Crippen LogP contribution < -0.4 is 10.9 Å². The molecule has 9 heteroatoms. The first-order valence-electron chi connectivity index (χ1n) is 13.7. The van der Waals surface area contributed by atoms with Crippen LogP contribution in [0.2, 0.25) is 0 Å². The zero-order valence-electron chi connectivity index (χ0n) is 23.0. The van der Waals surface area contributed by atoms with Crippen LogP contribution in [0.25, 0.3) is 21.9 Å². The Bertz CT molecular complexity index is 1730. The van der Waals surface area contributed by atoms with Crippen LogP contribution in [-0.4, -0.2) is 49.0 Å². The fraction of sp³-hybridized carbons (Fsp3) is 0.323. The van der Waals surface area contributed by atoms with Gasteiger partial charge < -0.3 is 15.2 Å². The number of fused-ring (bicyclic) bond motifs is 2. The van der Waals surface area contributed by atoms with Crippen LogP contribution in [0.3, 0.4) is 0 Å². The maximum atomic E-state index is 13.1. The Kier molecular flexibility index (Phi) is 6.57. The van der Waals surface area contributed by atoms with Gasteiger partial charge in [-0.3, -0.25) is 4.79 Å². The first-order chi connectivity index (χ1) is 19.3. The third kappa shape index (κ3) is 5.06. The molecule has 6 rings (SSSR count). The van der Waals surface area contributed by atoms with E-state index in [0.717, 1.165) is 22.0 Å². The van der Waals surface area contributed by atoms with Crippen molar-refractivity contribution in [1.82, 2.24) is 29.9 Å². The van der Waals surface area contributed by atoms with Crippen LogP contribution in [0.5, 0.6) is 0 Å². The molecule has 0 saturated carbocycles. The van der Waals surface area contributed by atoms with Crippen LogP contribution in [0.4, 0.5) is 10.5 Å². The van der Waals surface area contributed by atoms with Gasteiger partial charge in [0.1, 0.15) is 5.82 Å². The van der Waals surface area contributed by atoms with Gasteiger partial charge in [0.15, 0.2) is 11.2 Å². The highest BCUT2D eigenvalue weighted by Crippen LogP contribution is 2.28. The summed E-state index contributed by atoms with van der Waals surface area (Å²) in [6.07, 6.45) is 1.40. The molecule has 0 bridgehead atoms. The summed E-state index contributed by atoms with van der Waals surface area (Å²) in [5, 5.41) is 13.5. The fourth-order valence-corrected chi connectivity index (χ4v) is 5.35. The quantitative estimate of drug-likeness (QED) is 0.319. The van der Waals surface area contributed by atoms with Crippen molar-refractivity contribution in [3.63, 3.8) is 0 Å². The Labute approximate surface area is 232 Å². The molecule has 0 atom stereocenters. The number of H-pyrrole nitrogens is 1. The molecule has 0 unspecified atom stereocenters. The Hall–Kier alpha value is -4.53. The summed E-state index contributed by atoms with van der Waals surface area (Å²) in [4.78, 5) is 35.5. The molecular formula is C31H33N7O2. The molecule has 9 nitrogen and oxygen atoms in total. The lowest BCUT2D eigenvalue weighted by Crippen LogP contribution is -2.41. The molecule has 1 saturated heterocycles. The maximum absolute atomic E-state index is 13.1. The number of nitrogens with one attached hydrogen (secondary N) is 2. The number of nitrogens with zero attached hydrogens (tertiary/aromatic N) is 5. The summed E-state index contributed by atoms with van der Waals surface area (Å²) >= 11 is 0. The van der Waals surface area contributed by atoms with Crippen molar-refractivity contribution < 1.29 is 4.79 Å². The molecule has 3 aromatic carbocycles. The van der Waals surface area contributed by atoms with Crippen molar-refractivity contribution in [2.24, 2.45) is 0 Å². The van der Waals surface area contributed by atoms with Crippen LogP contribution in [-0.2, 0) is 12.0 Å². The van der Waals surface area contributed by atoms with Gasteiger partial charge in [-0.25, -0.2) is 14.5 Å². The lowest BCUT2D eigenvalue weighted by Gasteiger charge is -2.31. The second-order valence-electron chi connectivity index (χ2n) is 11.5. The van der Waals surface area contributed by atoms with E-state index in [1.165, 1.54) is 5.56 Å². The summed E-state index contributed by atoms with van der Waals surface area (Å²) in [5.74, 6) is 0.659. The Morgan fingerprint density at radius 1 is 1.00 bits per heavy atom. The standard InChI is InChI=1S/C31H33N7O2/c1-31(2,3)23-13-11-20(12-14-23)19-38-28-26(35-36-38)29(39)34-27(33-28)22-15-17-37(18-16-22)30(40)32-25-10-6-8-21-7-4-5-9-24(21)25/h4-14,22H,15-19H2,1-3H3,(H,32,40)(H,33,34,39). The van der Waals surface area contributed by atoms with Gasteiger partial charge in [-0.05, 0) is 40.8 Å². The number of aromatic nitrogens is 5. The SMILES string of the molecule is CC(C)(C)c1ccc(Cn2nnc3c(=O)[nH]c(C4CCN(C(=O)Nc5cccc6ccccc56)CC4)nc32)cc1. The maximum Gasteiger partial charge on any atom is 0.321 e. The summed E-state index contributed by atoms with van der Waals surface area (Å²) in [6, 6.07) is 22.2. The number of aromatic amines is 1. The van der Waals surface area contributed by atoms with E-state index in [9.17, 15) is 9.59 Å². The predicted molar refractivity (Wildman–Crippen MR) is 157 cm³/mol. The minimum atomic E-state index is -0.287. The topological polar surface area (TPSA) is 109 Å². The third-order valence-electron chi connectivity index (χ3n) is 7.74. The molecule has 3 heterocycles. The smallest absolute Gasteiger partial charge is 0.321 e. The first-order valence-corrected chi connectivity index (χ1v) is 13.7. The van der Waals surface area contributed by atoms with E-state index in [4.69, 9.17) is 4.98 Å². The van der Waals surface area contributed by atoms with Crippen LogP contribution in [0.15, 0.2) is 71.5 Å². The number of amides is 2. The number of benzene rings is 3. The Morgan fingerprint density at radius 3 is 2.48 bits per heavy atom. The van der Waals surface area contributed by atoms with Gasteiger partial charge in [-0.1, -0.05) is 86.6 Å². The van der Waals surface area contributed by atoms with Gasteiger partial charge in [0.2, 0.25) is 0 Å². The largest absolute Gasteiger partial charge is 0.324 e. The highest BCUT2D eigenvalue weighted by Gasteiger charge is 2.27. The summed E-state index contributed by atoms with van der Waals surface area (Å²) < 4.78 is 1.69. The van der Waals surface area contributed by atoms with E-state index < -0.39 is 0 Å². The predicted octanol–water partition coefficient (Wildman–Crippen LogP) is 5.43. The van der Waals surface area contributed by atoms with Gasteiger partial charge in [-0.15, -0.1) is 5.10 Å².